The second kappa shape index (κ2) is 49.0. The van der Waals surface area contributed by atoms with Crippen molar-refractivity contribution in [3.63, 3.8) is 0 Å². The van der Waals surface area contributed by atoms with Crippen LogP contribution in [0.5, 0.6) is 23.5 Å². The first-order valence-electron chi connectivity index (χ1n) is 38.7. The number of ether oxygens (including phenoxy) is 7. The molecule has 4 amide bonds. The molecule has 1 saturated heterocycles. The Hall–Kier alpha value is -12.0. The van der Waals surface area contributed by atoms with Crippen LogP contribution in [0.15, 0.2) is 109 Å². The third-order valence-corrected chi connectivity index (χ3v) is 18.2. The molecule has 4 aromatic heterocycles. The van der Waals surface area contributed by atoms with Crippen LogP contribution in [0.2, 0.25) is 0 Å². The number of aryl methyl sites for hydroxylation is 3. The van der Waals surface area contributed by atoms with Gasteiger partial charge in [-0.1, -0.05) is 92.5 Å². The van der Waals surface area contributed by atoms with E-state index in [1.165, 1.54) is 12.4 Å². The second-order valence-corrected chi connectivity index (χ2v) is 27.5. The number of nitrogens with two attached hydrogens (primary N) is 3. The molecule has 0 spiro atoms. The van der Waals surface area contributed by atoms with E-state index >= 15 is 0 Å². The number of aromatic amines is 1. The minimum atomic E-state index is -0.697. The van der Waals surface area contributed by atoms with E-state index in [0.29, 0.717) is 186 Å². The van der Waals surface area contributed by atoms with Crippen molar-refractivity contribution < 1.29 is 81.3 Å². The van der Waals surface area contributed by atoms with Crippen molar-refractivity contribution in [3.05, 3.63) is 164 Å². The number of amides is 4. The van der Waals surface area contributed by atoms with E-state index in [1.807, 2.05) is 79.7 Å². The topological polar surface area (TPSA) is 489 Å². The predicted molar refractivity (Wildman–Crippen MR) is 434 cm³/mol. The highest BCUT2D eigenvalue weighted by Crippen LogP contribution is 2.35. The summed E-state index contributed by atoms with van der Waals surface area (Å²) in [6.45, 7) is 10.2. The van der Waals surface area contributed by atoms with Crippen molar-refractivity contribution in [1.82, 2.24) is 60.3 Å². The van der Waals surface area contributed by atoms with E-state index in [0.717, 1.165) is 45.6 Å². The number of imide groups is 1. The number of imidazole rings is 1. The van der Waals surface area contributed by atoms with E-state index in [4.69, 9.17) is 55.2 Å². The summed E-state index contributed by atoms with van der Waals surface area (Å²) in [6, 6.07) is 27.2. The van der Waals surface area contributed by atoms with Crippen molar-refractivity contribution in [3.8, 4) is 23.5 Å². The number of carbonyl (C=O) groups is 8. The average Bonchev–Trinajstić information content (AvgIpc) is 1.80. The Bertz CT molecular complexity index is 4620. The second-order valence-electron chi connectivity index (χ2n) is 27.1. The van der Waals surface area contributed by atoms with Gasteiger partial charge in [0.2, 0.25) is 35.5 Å². The van der Waals surface area contributed by atoms with Gasteiger partial charge in [0.1, 0.15) is 59.9 Å². The fourth-order valence-electron chi connectivity index (χ4n) is 11.6. The summed E-state index contributed by atoms with van der Waals surface area (Å²) < 4.78 is 42.4. The van der Waals surface area contributed by atoms with Gasteiger partial charge in [-0.15, -0.1) is 5.06 Å². The lowest BCUT2D eigenvalue weighted by Crippen LogP contribution is -2.32. The number of thiol groups is 1. The molecule has 2 aliphatic heterocycles. The molecule has 1 fully saturated rings. The lowest BCUT2D eigenvalue weighted by Gasteiger charge is -2.17. The maximum Gasteiger partial charge on any atom is 0.333 e. The lowest BCUT2D eigenvalue weighted by molar-refractivity contribution is -0.385. The van der Waals surface area contributed by atoms with Gasteiger partial charge in [0.25, 0.3) is 17.5 Å². The summed E-state index contributed by atoms with van der Waals surface area (Å²) in [5.74, 6) is -0.491. The highest BCUT2D eigenvalue weighted by atomic mass is 32.1. The molecule has 35 nitrogen and oxygen atoms in total. The number of hydrogen-bond acceptors (Lipinski definition) is 31. The van der Waals surface area contributed by atoms with Gasteiger partial charge in [-0.2, -0.15) is 19.9 Å². The van der Waals surface area contributed by atoms with Gasteiger partial charge >= 0.3 is 12.0 Å². The molecule has 8 aromatic rings. The van der Waals surface area contributed by atoms with Crippen LogP contribution in [-0.4, -0.2) is 156 Å². The van der Waals surface area contributed by atoms with E-state index in [-0.39, 0.29) is 118 Å². The highest BCUT2D eigenvalue weighted by molar-refractivity contribution is 7.78. The predicted octanol–water partition coefficient (Wildman–Crippen LogP) is 9.50. The minimum Gasteiger partial charge on any atom is -0.493 e. The fourth-order valence-corrected chi connectivity index (χ4v) is 11.6. The monoisotopic (exact) mass is 1630 g/mol. The van der Waals surface area contributed by atoms with E-state index in [9.17, 15) is 48.5 Å². The van der Waals surface area contributed by atoms with Crippen LogP contribution in [0.1, 0.15) is 173 Å². The van der Waals surface area contributed by atoms with E-state index < -0.39 is 28.7 Å². The third-order valence-electron chi connectivity index (χ3n) is 17.9. The van der Waals surface area contributed by atoms with Crippen molar-refractivity contribution in [1.29, 1.82) is 0 Å². The summed E-state index contributed by atoms with van der Waals surface area (Å²) >= 11 is 3.67. The zero-order valence-electron chi connectivity index (χ0n) is 65.9. The van der Waals surface area contributed by atoms with Crippen molar-refractivity contribution in [2.45, 2.75) is 175 Å². The lowest BCUT2D eigenvalue weighted by atomic mass is 10.0. The van der Waals surface area contributed by atoms with Crippen LogP contribution in [0.25, 0.3) is 11.2 Å². The summed E-state index contributed by atoms with van der Waals surface area (Å²) in [4.78, 5) is 149. The molecule has 10 N–H and O–H groups in total. The Morgan fingerprint density at radius 3 is 1.72 bits per heavy atom. The Morgan fingerprint density at radius 1 is 0.598 bits per heavy atom. The number of rotatable bonds is 49. The Balaban J connectivity index is 0.000000361. The van der Waals surface area contributed by atoms with Crippen molar-refractivity contribution in [2.24, 2.45) is 4.99 Å². The largest absolute Gasteiger partial charge is 0.493 e. The first-order chi connectivity index (χ1) is 56.6. The normalized spacial score (nSPS) is 12.2. The Labute approximate surface area is 682 Å². The number of nitrogens with one attached hydrogen (secondary N) is 4. The number of benzene rings is 4. The first-order valence-corrected chi connectivity index (χ1v) is 39.1. The standard InChI is InChI=1S/C56H70N10O12.C23H24N6O6.C2H7NS/c1-38-33-46(39(2)62-52(70)11-3-10-51(69)61-35-41-14-18-42(19-15-41)36-77-54-53-47(22-24-59-53)63-55(58)65-54)48(66(71)72)34-49(38)76-28-6-9-44(67)7-4-26-73-29-31-75-32-30-74-27-5-8-45(68)21-20-40-12-16-43(17-13-40)37-78-56-60-25-23-50(57)64-56;24-23-27-21-20(25-13-26-21)22(28-23)34-12-15-6-4-14(5-7-15)8-9-16(30)2-1-3-19(33)35-29-17(31)10-11-18(29)32;1-2-3-4/h12-19,23-25,33-34,39H,3-11,20-22,26-32,35-37H2,1-2H3,(H,61,69)(H,62,70)(H2,57,60,64)(H2,58,63,65);4-7,13H,1-3,8-12H2,(H3,24,25,26,27,28);3-4H,2H2,1H3. The molecule has 1 atom stereocenters. The highest BCUT2D eigenvalue weighted by Gasteiger charge is 2.33. The molecule has 36 heteroatoms. The maximum atomic E-state index is 12.8. The minimum absolute atomic E-state index is 0.0171. The quantitative estimate of drug-likeness (QED) is 0.00578. The zero-order chi connectivity index (χ0) is 83.7. The molecule has 0 saturated carbocycles. The molecule has 0 radical (unpaired) electrons. The number of Topliss-reactive ketones (excluding diaryl/α,β-unsaturated/α-hetero) is 3. The van der Waals surface area contributed by atoms with Crippen LogP contribution < -0.4 is 51.5 Å². The van der Waals surface area contributed by atoms with E-state index in [2.05, 4.69) is 73.0 Å². The summed E-state index contributed by atoms with van der Waals surface area (Å²) in [7, 11) is 0. The molecular weight excluding hydrogens is 1530 g/mol. The first kappa shape index (κ1) is 90.5. The van der Waals surface area contributed by atoms with Gasteiger partial charge in [0.15, 0.2) is 5.65 Å². The number of carbonyl (C=O) groups excluding carboxylic acids is 8. The van der Waals surface area contributed by atoms with Crippen LogP contribution >= 0.6 is 12.8 Å². The van der Waals surface area contributed by atoms with Gasteiger partial charge in [0, 0.05) is 116 Å². The Morgan fingerprint density at radius 2 is 1.12 bits per heavy atom. The molecule has 1 unspecified atom stereocenters. The van der Waals surface area contributed by atoms with Crippen LogP contribution in [0, 0.1) is 17.0 Å². The zero-order valence-corrected chi connectivity index (χ0v) is 66.8. The van der Waals surface area contributed by atoms with Crippen LogP contribution in [0.4, 0.5) is 29.1 Å². The smallest absolute Gasteiger partial charge is 0.333 e. The van der Waals surface area contributed by atoms with Crippen molar-refractivity contribution in [2.75, 3.05) is 70.0 Å². The molecule has 6 heterocycles. The molecular formula is C81H101N17O18S. The van der Waals surface area contributed by atoms with Gasteiger partial charge in [-0.05, 0) is 110 Å². The third kappa shape index (κ3) is 32.3. The Kier molecular flexibility index (Phi) is 38.0. The number of ketones is 3. The molecule has 10 rings (SSSR count). The number of fused-ring (bicyclic) bond motifs is 2. The molecule has 0 bridgehead atoms. The maximum absolute atomic E-state index is 12.8. The summed E-state index contributed by atoms with van der Waals surface area (Å²) in [6.07, 6.45) is 11.2. The number of nitrogens with zero attached hydrogens (tertiary/aromatic N) is 10. The fraction of sp³-hybridized carbons (Fsp3) is 0.432. The number of nitro benzene ring substituents is 1. The number of hydroxylamine groups is 2. The van der Waals surface area contributed by atoms with Gasteiger partial charge in [0.05, 0.1) is 67.7 Å². The average molecular weight is 1630 g/mol. The number of H-pyrrole nitrogens is 1. The molecule has 624 valence electrons. The SMILES string of the molecule is CCNS.Cc1cc(C(C)NC(=O)CCCC(=O)NCc2ccc(COc3nc(N)nc4c3N=CC4)cc2)c([N+](=O)[O-])cc1OCCCC(=O)CCCOCCOCCOCCCC(=O)CCc1ccc(COc2nccc(N)n2)cc1.Nc1nc(OCc2ccc(CCC(=O)CCCC(=O)ON3C(=O)CCC3=O)cc2)c2[nH]cnc2n1. The molecule has 2 aliphatic rings. The van der Waals surface area contributed by atoms with Crippen molar-refractivity contribution >= 4 is 106 Å². The number of nitro groups is 1. The number of anilines is 3. The summed E-state index contributed by atoms with van der Waals surface area (Å²) in [5.41, 5.74) is 25.9. The molecule has 4 aromatic carbocycles. The van der Waals surface area contributed by atoms with Crippen LogP contribution in [-0.2, 0) is 103 Å². The number of aliphatic imine (C=N–C) groups is 1. The van der Waals surface area contributed by atoms with Crippen LogP contribution in [0.3, 0.4) is 0 Å². The molecule has 0 aliphatic carbocycles. The number of hydrogen-bond donors (Lipinski definition) is 8. The number of aromatic nitrogens is 8. The van der Waals surface area contributed by atoms with Gasteiger partial charge in [-0.3, -0.25) is 53.4 Å². The molecule has 117 heavy (non-hydrogen) atoms. The van der Waals surface area contributed by atoms with E-state index in [1.54, 1.807) is 38.4 Å². The number of nitrogen functional groups attached to an aromatic ring is 3. The van der Waals surface area contributed by atoms with Gasteiger partial charge < -0.3 is 70.8 Å². The van der Waals surface area contributed by atoms with Gasteiger partial charge in [-0.25, -0.2) is 19.7 Å². The summed E-state index contributed by atoms with van der Waals surface area (Å²) in [5, 5.41) is 18.3.